The van der Waals surface area contributed by atoms with Crippen LogP contribution in [0.5, 0.6) is 6.01 Å². The van der Waals surface area contributed by atoms with Crippen LogP contribution in [-0.2, 0) is 4.79 Å². The van der Waals surface area contributed by atoms with Crippen molar-refractivity contribution >= 4 is 45.0 Å². The van der Waals surface area contributed by atoms with Crippen molar-refractivity contribution in [3.8, 4) is 17.1 Å². The maximum atomic E-state index is 16.8. The molecule has 2 aromatic heterocycles. The van der Waals surface area contributed by atoms with Gasteiger partial charge in [0.25, 0.3) is 5.91 Å². The summed E-state index contributed by atoms with van der Waals surface area (Å²) in [6, 6.07) is 5.26. The average molecular weight is 680 g/mol. The average Bonchev–Trinajstić information content (AvgIpc) is 3.59. The van der Waals surface area contributed by atoms with Gasteiger partial charge in [0.2, 0.25) is 6.54 Å². The van der Waals surface area contributed by atoms with Crippen LogP contribution in [0.2, 0.25) is 5.02 Å². The van der Waals surface area contributed by atoms with E-state index in [-0.39, 0.29) is 71.7 Å². The number of aromatic nitrogens is 3. The third-order valence-corrected chi connectivity index (χ3v) is 9.97. The highest BCUT2D eigenvalue weighted by molar-refractivity contribution is 6.36. The number of carbonyl (C=O) groups excluding carboxylic acids is 1. The summed E-state index contributed by atoms with van der Waals surface area (Å²) in [6.07, 6.45) is 3.79. The zero-order valence-corrected chi connectivity index (χ0v) is 26.5. The summed E-state index contributed by atoms with van der Waals surface area (Å²) in [5.74, 6) is -3.85. The minimum absolute atomic E-state index is 0.00280. The lowest BCUT2D eigenvalue weighted by Crippen LogP contribution is -2.56. The number of rotatable bonds is 7. The Morgan fingerprint density at radius 2 is 2.02 bits per heavy atom. The van der Waals surface area contributed by atoms with Crippen molar-refractivity contribution in [3.63, 3.8) is 0 Å². The molecule has 3 saturated heterocycles. The lowest BCUT2D eigenvalue weighted by atomic mass is 9.95. The molecule has 248 valence electrons. The fourth-order valence-corrected chi connectivity index (χ4v) is 7.75. The molecule has 7 rings (SSSR count). The number of benzene rings is 2. The molecule has 0 aliphatic carbocycles. The van der Waals surface area contributed by atoms with Crippen LogP contribution in [0.1, 0.15) is 19.3 Å². The summed E-state index contributed by atoms with van der Waals surface area (Å²) in [4.78, 5) is 34.2. The van der Waals surface area contributed by atoms with Gasteiger partial charge in [0.1, 0.15) is 36.0 Å². The minimum atomic E-state index is -1.15. The molecule has 3 atom stereocenters. The van der Waals surface area contributed by atoms with Crippen LogP contribution in [0, 0.1) is 18.2 Å². The predicted octanol–water partition coefficient (Wildman–Crippen LogP) is 6.15. The van der Waals surface area contributed by atoms with Crippen molar-refractivity contribution < 1.29 is 27.1 Å². The maximum Gasteiger partial charge on any atom is 0.319 e. The molecule has 3 fully saturated rings. The molecule has 4 aromatic rings. The van der Waals surface area contributed by atoms with Crippen molar-refractivity contribution in [2.75, 3.05) is 50.8 Å². The minimum Gasteiger partial charge on any atom is -0.461 e. The van der Waals surface area contributed by atoms with Gasteiger partial charge in [-0.3, -0.25) is 14.7 Å². The molecule has 0 N–H and O–H groups in total. The summed E-state index contributed by atoms with van der Waals surface area (Å²) in [5, 5.41) is 1.32. The molecule has 9 nitrogen and oxygen atoms in total. The SMILES string of the molecule is [C-]#[N+]C[C@H]1CN(c2nc(OC[C@@]34CCCN3C[C@H](F)C4)nc3c(F)c(-c4cncc5cccc(Cl)c45)c(F)cc23)CCN1C(=O)C(=C)F. The number of nitrogens with zero attached hydrogens (tertiary/aromatic N) is 7. The number of hydrogen-bond donors (Lipinski definition) is 0. The van der Waals surface area contributed by atoms with E-state index >= 15 is 8.78 Å². The van der Waals surface area contributed by atoms with Gasteiger partial charge in [0, 0.05) is 71.7 Å². The van der Waals surface area contributed by atoms with Gasteiger partial charge in [-0.25, -0.2) is 24.1 Å². The Morgan fingerprint density at radius 1 is 1.19 bits per heavy atom. The van der Waals surface area contributed by atoms with Gasteiger partial charge < -0.3 is 19.4 Å². The normalized spacial score (nSPS) is 22.7. The Bertz CT molecular complexity index is 2000. The van der Waals surface area contributed by atoms with Gasteiger partial charge >= 0.3 is 6.01 Å². The first kappa shape index (κ1) is 32.0. The van der Waals surface area contributed by atoms with Crippen LogP contribution < -0.4 is 9.64 Å². The molecular weight excluding hydrogens is 650 g/mol. The van der Waals surface area contributed by atoms with E-state index < -0.39 is 41.1 Å². The van der Waals surface area contributed by atoms with Crippen molar-refractivity contribution in [3.05, 3.63) is 77.1 Å². The van der Waals surface area contributed by atoms with E-state index in [0.29, 0.717) is 23.7 Å². The number of piperazine rings is 1. The predicted molar refractivity (Wildman–Crippen MR) is 173 cm³/mol. The molecule has 3 aliphatic rings. The molecule has 5 heterocycles. The number of carbonyl (C=O) groups is 1. The van der Waals surface area contributed by atoms with Crippen molar-refractivity contribution in [2.24, 2.45) is 0 Å². The van der Waals surface area contributed by atoms with E-state index in [1.807, 2.05) is 0 Å². The summed E-state index contributed by atoms with van der Waals surface area (Å²) in [6.45, 7) is 11.6. The zero-order chi connectivity index (χ0) is 33.7. The fourth-order valence-electron chi connectivity index (χ4n) is 7.47. The van der Waals surface area contributed by atoms with Crippen LogP contribution in [0.3, 0.4) is 0 Å². The number of alkyl halides is 1. The summed E-state index contributed by atoms with van der Waals surface area (Å²) in [5.41, 5.74) is -1.03. The molecule has 48 heavy (non-hydrogen) atoms. The van der Waals surface area contributed by atoms with Crippen LogP contribution in [0.4, 0.5) is 23.4 Å². The maximum absolute atomic E-state index is 16.8. The van der Waals surface area contributed by atoms with Crippen molar-refractivity contribution in [1.82, 2.24) is 24.8 Å². The highest BCUT2D eigenvalue weighted by atomic mass is 35.5. The van der Waals surface area contributed by atoms with Crippen LogP contribution in [-0.4, -0.2) is 94.3 Å². The van der Waals surface area contributed by atoms with Crippen LogP contribution >= 0.6 is 11.6 Å². The number of fused-ring (bicyclic) bond motifs is 3. The number of amides is 1. The monoisotopic (exact) mass is 679 g/mol. The molecule has 2 aromatic carbocycles. The highest BCUT2D eigenvalue weighted by Gasteiger charge is 2.49. The Hall–Kier alpha value is -4.54. The number of hydrogen-bond acceptors (Lipinski definition) is 7. The van der Waals surface area contributed by atoms with Gasteiger partial charge in [-0.2, -0.15) is 9.97 Å². The topological polar surface area (TPSA) is 79.1 Å². The largest absolute Gasteiger partial charge is 0.461 e. The third kappa shape index (κ3) is 5.46. The number of ether oxygens (including phenoxy) is 1. The number of anilines is 1. The first-order chi connectivity index (χ1) is 23.1. The lowest BCUT2D eigenvalue weighted by molar-refractivity contribution is -0.131. The van der Waals surface area contributed by atoms with E-state index in [9.17, 15) is 13.6 Å². The van der Waals surface area contributed by atoms with Crippen molar-refractivity contribution in [1.29, 1.82) is 0 Å². The molecule has 0 radical (unpaired) electrons. The Labute approximate surface area is 278 Å². The van der Waals surface area contributed by atoms with Gasteiger partial charge in [-0.1, -0.05) is 30.3 Å². The summed E-state index contributed by atoms with van der Waals surface area (Å²) < 4.78 is 67.4. The number of pyridine rings is 1. The zero-order valence-electron chi connectivity index (χ0n) is 25.7. The molecular formula is C34H30ClF4N7O2. The Kier molecular flexibility index (Phi) is 8.33. The van der Waals surface area contributed by atoms with Crippen LogP contribution in [0.15, 0.2) is 49.1 Å². The second kappa shape index (κ2) is 12.5. The molecule has 14 heteroatoms. The number of halogens is 5. The highest BCUT2D eigenvalue weighted by Crippen LogP contribution is 2.42. The smallest absolute Gasteiger partial charge is 0.319 e. The van der Waals surface area contributed by atoms with Gasteiger partial charge in [0.15, 0.2) is 11.6 Å². The van der Waals surface area contributed by atoms with E-state index in [1.54, 1.807) is 29.3 Å². The summed E-state index contributed by atoms with van der Waals surface area (Å²) >= 11 is 6.50. The first-order valence-corrected chi connectivity index (χ1v) is 16.0. The molecule has 3 aliphatic heterocycles. The Morgan fingerprint density at radius 3 is 2.81 bits per heavy atom. The van der Waals surface area contributed by atoms with Gasteiger partial charge in [-0.05, 0) is 31.5 Å². The second-order valence-electron chi connectivity index (χ2n) is 12.5. The van der Waals surface area contributed by atoms with Gasteiger partial charge in [0.05, 0.1) is 11.1 Å². The third-order valence-electron chi connectivity index (χ3n) is 9.65. The second-order valence-corrected chi connectivity index (χ2v) is 12.9. The summed E-state index contributed by atoms with van der Waals surface area (Å²) in [7, 11) is 0. The van der Waals surface area contributed by atoms with E-state index in [1.165, 1.54) is 11.1 Å². The molecule has 0 bridgehead atoms. The van der Waals surface area contributed by atoms with E-state index in [4.69, 9.17) is 22.9 Å². The Balaban J connectivity index is 1.35. The first-order valence-electron chi connectivity index (χ1n) is 15.6. The molecule has 0 spiro atoms. The molecule has 0 saturated carbocycles. The standard InChI is InChI=1S/C34H30ClF4N7O2/c1-19(36)32(47)46-10-9-44(17-22(46)14-40-2)31-23-11-26(38)28(24-15-41-13-20-5-3-6-25(35)27(20)24)29(39)30(23)42-33(43-31)48-18-34-7-4-8-45(34)16-21(37)12-34/h3,5-6,11,13,15,21-22H,1,4,7-10,12,14,16-18H2/t21-,22+,34+/m1/s1. The molecule has 1 amide bonds. The van der Waals surface area contributed by atoms with Crippen molar-refractivity contribution in [2.45, 2.75) is 37.0 Å². The fraction of sp³-hybridized carbons (Fsp3) is 0.382. The van der Waals surface area contributed by atoms with Gasteiger partial charge in [-0.15, -0.1) is 0 Å². The lowest BCUT2D eigenvalue weighted by Gasteiger charge is -2.39. The molecule has 0 unspecified atom stereocenters. The quantitative estimate of drug-likeness (QED) is 0.132. The van der Waals surface area contributed by atoms with E-state index in [0.717, 1.165) is 25.5 Å². The van der Waals surface area contributed by atoms with E-state index in [2.05, 4.69) is 31.3 Å². The van der Waals surface area contributed by atoms with Crippen LogP contribution in [0.25, 0.3) is 37.6 Å².